The maximum absolute atomic E-state index is 6.13. The van der Waals surface area contributed by atoms with Crippen molar-refractivity contribution in [3.05, 3.63) is 41.8 Å². The SMILES string of the molecule is COCC(C)(C)CNc1nnc([C@H](N)Cc2ccccc2)o1. The second-order valence-electron chi connectivity index (χ2n) is 6.19. The number of rotatable bonds is 8. The summed E-state index contributed by atoms with van der Waals surface area (Å²) in [7, 11) is 1.69. The molecule has 120 valence electrons. The number of methoxy groups -OCH3 is 1. The Balaban J connectivity index is 1.90. The van der Waals surface area contributed by atoms with E-state index in [1.54, 1.807) is 7.11 Å². The largest absolute Gasteiger partial charge is 0.406 e. The van der Waals surface area contributed by atoms with E-state index in [0.29, 0.717) is 31.5 Å². The van der Waals surface area contributed by atoms with Crippen molar-refractivity contribution in [3.63, 3.8) is 0 Å². The number of nitrogens with one attached hydrogen (secondary N) is 1. The summed E-state index contributed by atoms with van der Waals surface area (Å²) in [5.74, 6) is 0.441. The fourth-order valence-electron chi connectivity index (χ4n) is 2.17. The zero-order valence-corrected chi connectivity index (χ0v) is 13.4. The van der Waals surface area contributed by atoms with E-state index in [1.807, 2.05) is 30.3 Å². The van der Waals surface area contributed by atoms with Gasteiger partial charge < -0.3 is 20.2 Å². The van der Waals surface area contributed by atoms with Crippen molar-refractivity contribution in [1.82, 2.24) is 10.2 Å². The van der Waals surface area contributed by atoms with Crippen LogP contribution in [0.4, 0.5) is 6.01 Å². The first-order valence-corrected chi connectivity index (χ1v) is 7.36. The molecule has 0 aliphatic rings. The Bertz CT molecular complexity index is 569. The molecule has 0 fully saturated rings. The minimum Gasteiger partial charge on any atom is -0.406 e. The second kappa shape index (κ2) is 7.38. The van der Waals surface area contributed by atoms with Gasteiger partial charge in [0.2, 0.25) is 5.89 Å². The maximum Gasteiger partial charge on any atom is 0.315 e. The Morgan fingerprint density at radius 2 is 2.00 bits per heavy atom. The van der Waals surface area contributed by atoms with Crippen LogP contribution in [0.2, 0.25) is 0 Å². The third-order valence-electron chi connectivity index (χ3n) is 3.31. The highest BCUT2D eigenvalue weighted by Gasteiger charge is 2.20. The fourth-order valence-corrected chi connectivity index (χ4v) is 2.17. The smallest absolute Gasteiger partial charge is 0.315 e. The van der Waals surface area contributed by atoms with Gasteiger partial charge in [0.1, 0.15) is 0 Å². The highest BCUT2D eigenvalue weighted by atomic mass is 16.5. The first kappa shape index (κ1) is 16.5. The van der Waals surface area contributed by atoms with Crippen molar-refractivity contribution in [2.24, 2.45) is 11.1 Å². The summed E-state index contributed by atoms with van der Waals surface area (Å²) >= 11 is 0. The van der Waals surface area contributed by atoms with Gasteiger partial charge in [0.15, 0.2) is 0 Å². The number of hydrogen-bond donors (Lipinski definition) is 2. The van der Waals surface area contributed by atoms with Crippen LogP contribution in [0.1, 0.15) is 31.3 Å². The minimum absolute atomic E-state index is 0.0183. The lowest BCUT2D eigenvalue weighted by Crippen LogP contribution is -2.27. The van der Waals surface area contributed by atoms with Crippen molar-refractivity contribution in [3.8, 4) is 0 Å². The molecule has 22 heavy (non-hydrogen) atoms. The van der Waals surface area contributed by atoms with E-state index in [0.717, 1.165) is 5.56 Å². The van der Waals surface area contributed by atoms with E-state index >= 15 is 0 Å². The van der Waals surface area contributed by atoms with Gasteiger partial charge in [-0.25, -0.2) is 0 Å². The molecule has 6 heteroatoms. The lowest BCUT2D eigenvalue weighted by Gasteiger charge is -2.22. The van der Waals surface area contributed by atoms with Crippen molar-refractivity contribution >= 4 is 6.01 Å². The van der Waals surface area contributed by atoms with E-state index in [4.69, 9.17) is 14.9 Å². The third-order valence-corrected chi connectivity index (χ3v) is 3.31. The molecule has 0 unspecified atom stereocenters. The molecule has 0 saturated heterocycles. The second-order valence-corrected chi connectivity index (χ2v) is 6.19. The Morgan fingerprint density at radius 1 is 1.27 bits per heavy atom. The highest BCUT2D eigenvalue weighted by Crippen LogP contribution is 2.19. The van der Waals surface area contributed by atoms with E-state index in [1.165, 1.54) is 0 Å². The van der Waals surface area contributed by atoms with E-state index in [9.17, 15) is 0 Å². The van der Waals surface area contributed by atoms with Crippen molar-refractivity contribution in [2.75, 3.05) is 25.6 Å². The van der Waals surface area contributed by atoms with Crippen molar-refractivity contribution in [1.29, 1.82) is 0 Å². The number of benzene rings is 1. The summed E-state index contributed by atoms with van der Waals surface area (Å²) in [5, 5.41) is 11.2. The van der Waals surface area contributed by atoms with Gasteiger partial charge in [0.25, 0.3) is 0 Å². The van der Waals surface area contributed by atoms with Gasteiger partial charge >= 0.3 is 6.01 Å². The van der Waals surface area contributed by atoms with E-state index in [-0.39, 0.29) is 11.5 Å². The predicted octanol–water partition coefficient (Wildman–Crippen LogP) is 2.40. The lowest BCUT2D eigenvalue weighted by molar-refractivity contribution is 0.112. The number of nitrogens with two attached hydrogens (primary N) is 1. The molecular weight excluding hydrogens is 280 g/mol. The fraction of sp³-hybridized carbons (Fsp3) is 0.500. The van der Waals surface area contributed by atoms with Crippen LogP contribution in [0.25, 0.3) is 0 Å². The quantitative estimate of drug-likeness (QED) is 0.779. The zero-order chi connectivity index (χ0) is 16.0. The van der Waals surface area contributed by atoms with Crippen LogP contribution >= 0.6 is 0 Å². The molecule has 1 heterocycles. The molecule has 0 bridgehead atoms. The molecule has 0 amide bonds. The number of ether oxygens (including phenoxy) is 1. The lowest BCUT2D eigenvalue weighted by atomic mass is 9.95. The summed E-state index contributed by atoms with van der Waals surface area (Å²) in [6, 6.07) is 10.1. The molecule has 1 aromatic carbocycles. The van der Waals surface area contributed by atoms with Gasteiger partial charge in [-0.3, -0.25) is 0 Å². The molecule has 0 saturated carbocycles. The highest BCUT2D eigenvalue weighted by molar-refractivity contribution is 5.20. The van der Waals surface area contributed by atoms with Gasteiger partial charge in [0, 0.05) is 19.1 Å². The monoisotopic (exact) mass is 304 g/mol. The summed E-state index contributed by atoms with van der Waals surface area (Å²) in [5.41, 5.74) is 7.25. The van der Waals surface area contributed by atoms with E-state index in [2.05, 4.69) is 29.4 Å². The standard InChI is InChI=1S/C16H24N4O2/c1-16(2,11-21-3)10-18-15-20-19-14(22-15)13(17)9-12-7-5-4-6-8-12/h4-8,13H,9-11,17H2,1-3H3,(H,18,20)/t13-/m1/s1. The zero-order valence-electron chi connectivity index (χ0n) is 13.4. The van der Waals surface area contributed by atoms with Crippen LogP contribution < -0.4 is 11.1 Å². The van der Waals surface area contributed by atoms with Crippen molar-refractivity contribution in [2.45, 2.75) is 26.3 Å². The first-order chi connectivity index (χ1) is 10.5. The average Bonchev–Trinajstić information content (AvgIpc) is 2.95. The number of hydrogen-bond acceptors (Lipinski definition) is 6. The van der Waals surface area contributed by atoms with E-state index < -0.39 is 0 Å². The van der Waals surface area contributed by atoms with Crippen LogP contribution in [0, 0.1) is 5.41 Å². The van der Waals surface area contributed by atoms with Crippen LogP contribution in [-0.2, 0) is 11.2 Å². The predicted molar refractivity (Wildman–Crippen MR) is 85.5 cm³/mol. The van der Waals surface area contributed by atoms with Crippen LogP contribution in [0.15, 0.2) is 34.7 Å². The van der Waals surface area contributed by atoms with Crippen LogP contribution in [-0.4, -0.2) is 30.5 Å². The maximum atomic E-state index is 6.13. The van der Waals surface area contributed by atoms with Gasteiger partial charge in [-0.15, -0.1) is 5.10 Å². The molecule has 0 radical (unpaired) electrons. The summed E-state index contributed by atoms with van der Waals surface area (Å²) in [6.07, 6.45) is 0.664. The number of aromatic nitrogens is 2. The molecule has 0 spiro atoms. The van der Waals surface area contributed by atoms with Crippen LogP contribution in [0.3, 0.4) is 0 Å². The van der Waals surface area contributed by atoms with Gasteiger partial charge in [-0.2, -0.15) is 0 Å². The Kier molecular flexibility index (Phi) is 5.51. The van der Waals surface area contributed by atoms with Gasteiger partial charge in [0.05, 0.1) is 12.6 Å². The third kappa shape index (κ3) is 4.82. The molecule has 6 nitrogen and oxygen atoms in total. The minimum atomic E-state index is -0.308. The molecule has 2 rings (SSSR count). The average molecular weight is 304 g/mol. The molecule has 3 N–H and O–H groups in total. The molecule has 1 aromatic heterocycles. The summed E-state index contributed by atoms with van der Waals surface area (Å²) in [4.78, 5) is 0. The Morgan fingerprint density at radius 3 is 2.68 bits per heavy atom. The molecule has 1 atom stereocenters. The summed E-state index contributed by atoms with van der Waals surface area (Å²) in [6.45, 7) is 5.52. The topological polar surface area (TPSA) is 86.2 Å². The molecule has 0 aliphatic carbocycles. The normalized spacial score (nSPS) is 13.1. The summed E-state index contributed by atoms with van der Waals surface area (Å²) < 4.78 is 10.8. The Hall–Kier alpha value is -1.92. The van der Waals surface area contributed by atoms with Gasteiger partial charge in [-0.1, -0.05) is 49.3 Å². The first-order valence-electron chi connectivity index (χ1n) is 7.36. The van der Waals surface area contributed by atoms with Crippen LogP contribution in [0.5, 0.6) is 0 Å². The van der Waals surface area contributed by atoms with Gasteiger partial charge in [-0.05, 0) is 12.0 Å². The number of nitrogens with zero attached hydrogens (tertiary/aromatic N) is 2. The molecule has 0 aliphatic heterocycles. The molecular formula is C16H24N4O2. The van der Waals surface area contributed by atoms with Crippen molar-refractivity contribution < 1.29 is 9.15 Å². The molecule has 2 aromatic rings. The number of anilines is 1. The Labute approximate surface area is 131 Å².